The van der Waals surface area contributed by atoms with Gasteiger partial charge in [-0.3, -0.25) is 0 Å². The van der Waals surface area contributed by atoms with Crippen molar-refractivity contribution in [3.63, 3.8) is 0 Å². The Morgan fingerprint density at radius 1 is 1.43 bits per heavy atom. The second-order valence-corrected chi connectivity index (χ2v) is 5.54. The first-order valence-electron chi connectivity index (χ1n) is 6.12. The molecule has 0 aliphatic heterocycles. The van der Waals surface area contributed by atoms with Crippen molar-refractivity contribution >= 4 is 45.1 Å². The second kappa shape index (κ2) is 7.23. The number of thiophene rings is 1. The van der Waals surface area contributed by atoms with E-state index in [4.69, 9.17) is 26.3 Å². The summed E-state index contributed by atoms with van der Waals surface area (Å²) in [5.74, 6) is -0.678. The number of benzene rings is 1. The van der Waals surface area contributed by atoms with Gasteiger partial charge in [-0.15, -0.1) is 11.3 Å². The van der Waals surface area contributed by atoms with E-state index in [0.717, 1.165) is 10.1 Å². The van der Waals surface area contributed by atoms with Crippen LogP contribution in [0.25, 0.3) is 16.2 Å². The monoisotopic (exact) mass is 321 g/mol. The average molecular weight is 322 g/mol. The molecule has 0 amide bonds. The van der Waals surface area contributed by atoms with Crippen molar-refractivity contribution in [2.75, 3.05) is 20.3 Å². The second-order valence-electron chi connectivity index (χ2n) is 4.07. The molecule has 0 unspecified atom stereocenters. The number of rotatable bonds is 5. The number of esters is 1. The lowest BCUT2D eigenvalue weighted by Crippen LogP contribution is -2.11. The van der Waals surface area contributed by atoms with E-state index in [-0.39, 0.29) is 18.8 Å². The third-order valence-corrected chi connectivity index (χ3v) is 4.33. The van der Waals surface area contributed by atoms with Crippen LogP contribution in [-0.4, -0.2) is 26.3 Å². The minimum atomic E-state index is -0.678. The predicted octanol–water partition coefficient (Wildman–Crippen LogP) is 3.65. The van der Waals surface area contributed by atoms with Gasteiger partial charge < -0.3 is 9.47 Å². The molecule has 21 heavy (non-hydrogen) atoms. The maximum Gasteiger partial charge on any atom is 0.349 e. The molecule has 1 aromatic heterocycles. The Bertz CT molecular complexity index is 730. The minimum absolute atomic E-state index is 0.0837. The molecule has 108 valence electrons. The number of halogens is 1. The summed E-state index contributed by atoms with van der Waals surface area (Å²) in [5, 5.41) is 10.5. The van der Waals surface area contributed by atoms with E-state index in [0.29, 0.717) is 9.90 Å². The topological polar surface area (TPSA) is 59.3 Å². The third kappa shape index (κ3) is 3.61. The first kappa shape index (κ1) is 15.5. The van der Waals surface area contributed by atoms with Gasteiger partial charge >= 0.3 is 5.97 Å². The van der Waals surface area contributed by atoms with Gasteiger partial charge in [-0.2, -0.15) is 5.26 Å². The lowest BCUT2D eigenvalue weighted by atomic mass is 10.2. The van der Waals surface area contributed by atoms with Crippen molar-refractivity contribution in [1.82, 2.24) is 0 Å². The molecule has 1 aromatic carbocycles. The number of nitriles is 1. The molecule has 0 saturated carbocycles. The Balaban J connectivity index is 2.28. The SMILES string of the molecule is COCCOC(=O)/C(C#N)=C/c1sc2ccccc2c1Cl. The van der Waals surface area contributed by atoms with Gasteiger partial charge in [0.2, 0.25) is 0 Å². The molecule has 0 fully saturated rings. The zero-order valence-corrected chi connectivity index (χ0v) is 12.8. The highest BCUT2D eigenvalue weighted by Crippen LogP contribution is 2.36. The molecular weight excluding hydrogens is 310 g/mol. The smallest absolute Gasteiger partial charge is 0.349 e. The molecule has 0 atom stereocenters. The van der Waals surface area contributed by atoms with Crippen LogP contribution in [0.15, 0.2) is 29.8 Å². The van der Waals surface area contributed by atoms with Crippen molar-refractivity contribution < 1.29 is 14.3 Å². The number of ether oxygens (including phenoxy) is 2. The quantitative estimate of drug-likeness (QED) is 0.365. The predicted molar refractivity (Wildman–Crippen MR) is 83.3 cm³/mol. The van der Waals surface area contributed by atoms with Gasteiger partial charge in [0.1, 0.15) is 18.2 Å². The van der Waals surface area contributed by atoms with E-state index in [1.807, 2.05) is 30.3 Å². The van der Waals surface area contributed by atoms with Crippen LogP contribution in [0.4, 0.5) is 0 Å². The Kier molecular flexibility index (Phi) is 5.34. The molecule has 0 aliphatic carbocycles. The molecule has 0 saturated heterocycles. The molecule has 4 nitrogen and oxygen atoms in total. The van der Waals surface area contributed by atoms with E-state index in [9.17, 15) is 4.79 Å². The lowest BCUT2D eigenvalue weighted by molar-refractivity contribution is -0.139. The van der Waals surface area contributed by atoms with Crippen LogP contribution in [0.3, 0.4) is 0 Å². The molecule has 1 heterocycles. The fourth-order valence-corrected chi connectivity index (χ4v) is 3.12. The standard InChI is InChI=1S/C15H12ClNO3S/c1-19-6-7-20-15(18)10(9-17)8-13-14(16)11-4-2-3-5-12(11)21-13/h2-5,8H,6-7H2,1H3/b10-8+. The summed E-state index contributed by atoms with van der Waals surface area (Å²) in [6, 6.07) is 9.47. The zero-order chi connectivity index (χ0) is 15.2. The van der Waals surface area contributed by atoms with Crippen molar-refractivity contribution in [1.29, 1.82) is 5.26 Å². The van der Waals surface area contributed by atoms with Gasteiger partial charge in [0.05, 0.1) is 11.6 Å². The average Bonchev–Trinajstić information content (AvgIpc) is 2.81. The van der Waals surface area contributed by atoms with Gasteiger partial charge in [-0.1, -0.05) is 29.8 Å². The summed E-state index contributed by atoms with van der Waals surface area (Å²) >= 11 is 7.70. The van der Waals surface area contributed by atoms with E-state index in [1.54, 1.807) is 0 Å². The Labute approximate surface area is 131 Å². The summed E-state index contributed by atoms with van der Waals surface area (Å²) in [6.45, 7) is 0.391. The third-order valence-electron chi connectivity index (χ3n) is 2.70. The van der Waals surface area contributed by atoms with Gasteiger partial charge in [-0.05, 0) is 12.1 Å². The maximum absolute atomic E-state index is 11.8. The number of carbonyl (C=O) groups is 1. The number of nitrogens with zero attached hydrogens (tertiary/aromatic N) is 1. The lowest BCUT2D eigenvalue weighted by Gasteiger charge is -2.02. The summed E-state index contributed by atoms with van der Waals surface area (Å²) in [7, 11) is 1.51. The summed E-state index contributed by atoms with van der Waals surface area (Å²) in [4.78, 5) is 12.4. The first-order valence-corrected chi connectivity index (χ1v) is 7.31. The normalized spacial score (nSPS) is 11.4. The fourth-order valence-electron chi connectivity index (χ4n) is 1.69. The van der Waals surface area contributed by atoms with E-state index in [1.165, 1.54) is 24.5 Å². The van der Waals surface area contributed by atoms with Crippen LogP contribution in [0.5, 0.6) is 0 Å². The molecule has 0 bridgehead atoms. The van der Waals surface area contributed by atoms with Crippen molar-refractivity contribution in [2.24, 2.45) is 0 Å². The van der Waals surface area contributed by atoms with Gasteiger partial charge in [0, 0.05) is 22.1 Å². The number of carbonyl (C=O) groups excluding carboxylic acids is 1. The van der Waals surface area contributed by atoms with Crippen LogP contribution >= 0.6 is 22.9 Å². The number of hydrogen-bond acceptors (Lipinski definition) is 5. The van der Waals surface area contributed by atoms with E-state index in [2.05, 4.69) is 0 Å². The molecule has 0 N–H and O–H groups in total. The number of fused-ring (bicyclic) bond motifs is 1. The molecule has 6 heteroatoms. The van der Waals surface area contributed by atoms with Crippen molar-refractivity contribution in [3.8, 4) is 6.07 Å². The molecule has 0 aliphatic rings. The van der Waals surface area contributed by atoms with Crippen molar-refractivity contribution in [3.05, 3.63) is 39.7 Å². The Morgan fingerprint density at radius 2 is 2.19 bits per heavy atom. The highest BCUT2D eigenvalue weighted by Gasteiger charge is 2.14. The molecule has 0 radical (unpaired) electrons. The summed E-state index contributed by atoms with van der Waals surface area (Å²) in [5.41, 5.74) is -0.0837. The van der Waals surface area contributed by atoms with E-state index < -0.39 is 5.97 Å². The first-order chi connectivity index (χ1) is 10.2. The zero-order valence-electron chi connectivity index (χ0n) is 11.3. The van der Waals surface area contributed by atoms with Crippen LogP contribution < -0.4 is 0 Å². The van der Waals surface area contributed by atoms with Crippen LogP contribution in [-0.2, 0) is 14.3 Å². The van der Waals surface area contributed by atoms with E-state index >= 15 is 0 Å². The minimum Gasteiger partial charge on any atom is -0.459 e. The van der Waals surface area contributed by atoms with Gasteiger partial charge in [0.15, 0.2) is 0 Å². The molecule has 2 rings (SSSR count). The summed E-state index contributed by atoms with van der Waals surface area (Å²) in [6.07, 6.45) is 1.46. The number of methoxy groups -OCH3 is 1. The Hall–Kier alpha value is -1.87. The largest absolute Gasteiger partial charge is 0.459 e. The maximum atomic E-state index is 11.8. The molecular formula is C15H12ClNO3S. The molecule has 2 aromatic rings. The van der Waals surface area contributed by atoms with Crippen LogP contribution in [0.1, 0.15) is 4.88 Å². The highest BCUT2D eigenvalue weighted by molar-refractivity contribution is 7.20. The summed E-state index contributed by atoms with van der Waals surface area (Å²) < 4.78 is 10.7. The molecule has 0 spiro atoms. The van der Waals surface area contributed by atoms with Crippen LogP contribution in [0, 0.1) is 11.3 Å². The van der Waals surface area contributed by atoms with Gasteiger partial charge in [0.25, 0.3) is 0 Å². The van der Waals surface area contributed by atoms with Crippen LogP contribution in [0.2, 0.25) is 5.02 Å². The fraction of sp³-hybridized carbons (Fsp3) is 0.200. The number of hydrogen-bond donors (Lipinski definition) is 0. The Morgan fingerprint density at radius 3 is 2.86 bits per heavy atom. The van der Waals surface area contributed by atoms with Gasteiger partial charge in [-0.25, -0.2) is 4.79 Å². The highest BCUT2D eigenvalue weighted by atomic mass is 35.5. The van der Waals surface area contributed by atoms with Crippen molar-refractivity contribution in [2.45, 2.75) is 0 Å².